The molecule has 0 spiro atoms. The molecule has 1 rings (SSSR count). The van der Waals surface area contributed by atoms with E-state index in [9.17, 15) is 4.79 Å². The molecule has 0 atom stereocenters. The van der Waals surface area contributed by atoms with Crippen molar-refractivity contribution < 1.29 is 9.53 Å². The number of terminal acetylenes is 1. The van der Waals surface area contributed by atoms with Crippen LogP contribution in [0.3, 0.4) is 0 Å². The Hall–Kier alpha value is -1.17. The molecule has 0 saturated heterocycles. The van der Waals surface area contributed by atoms with Crippen LogP contribution < -0.4 is 5.32 Å². The number of nitrogens with one attached hydrogen (secondary N) is 1. The van der Waals surface area contributed by atoms with Gasteiger partial charge in [-0.1, -0.05) is 12.3 Å². The lowest BCUT2D eigenvalue weighted by molar-refractivity contribution is 0.0491. The third-order valence-electron chi connectivity index (χ3n) is 2.59. The fraction of sp³-hybridized carbons (Fsp3) is 0.750. The van der Waals surface area contributed by atoms with E-state index in [0.717, 1.165) is 19.3 Å². The smallest absolute Gasteiger partial charge is 0.407 e. The van der Waals surface area contributed by atoms with Gasteiger partial charge in [0.1, 0.15) is 5.60 Å². The van der Waals surface area contributed by atoms with Crippen molar-refractivity contribution in [3.05, 3.63) is 0 Å². The highest BCUT2D eigenvalue weighted by Crippen LogP contribution is 2.39. The Morgan fingerprint density at radius 3 is 2.47 bits per heavy atom. The predicted molar refractivity (Wildman–Crippen MR) is 59.4 cm³/mol. The van der Waals surface area contributed by atoms with Gasteiger partial charge in [0.15, 0.2) is 0 Å². The minimum absolute atomic E-state index is 0.114. The summed E-state index contributed by atoms with van der Waals surface area (Å²) in [4.78, 5) is 11.4. The van der Waals surface area contributed by atoms with Crippen LogP contribution >= 0.6 is 0 Å². The topological polar surface area (TPSA) is 38.3 Å². The zero-order valence-corrected chi connectivity index (χ0v) is 9.72. The third-order valence-corrected chi connectivity index (χ3v) is 2.59. The molecule has 0 aromatic rings. The summed E-state index contributed by atoms with van der Waals surface area (Å²) < 4.78 is 5.13. The van der Waals surface area contributed by atoms with Crippen LogP contribution in [-0.4, -0.2) is 18.2 Å². The van der Waals surface area contributed by atoms with Crippen molar-refractivity contribution in [2.45, 2.75) is 45.6 Å². The van der Waals surface area contributed by atoms with Gasteiger partial charge in [0, 0.05) is 12.0 Å². The van der Waals surface area contributed by atoms with Gasteiger partial charge in [0.25, 0.3) is 0 Å². The molecule has 1 saturated carbocycles. The molecule has 3 nitrogen and oxygen atoms in total. The van der Waals surface area contributed by atoms with E-state index in [0.29, 0.717) is 6.54 Å². The summed E-state index contributed by atoms with van der Waals surface area (Å²) >= 11 is 0. The van der Waals surface area contributed by atoms with Gasteiger partial charge in [-0.25, -0.2) is 4.79 Å². The van der Waals surface area contributed by atoms with Crippen molar-refractivity contribution in [2.24, 2.45) is 5.41 Å². The van der Waals surface area contributed by atoms with Gasteiger partial charge >= 0.3 is 6.09 Å². The van der Waals surface area contributed by atoms with E-state index in [4.69, 9.17) is 11.2 Å². The van der Waals surface area contributed by atoms with Gasteiger partial charge in [0.2, 0.25) is 0 Å². The SMILES string of the molecule is C#CC1(CNC(=O)OC(C)(C)C)CCC1. The van der Waals surface area contributed by atoms with Gasteiger partial charge in [-0.2, -0.15) is 0 Å². The maximum Gasteiger partial charge on any atom is 0.407 e. The predicted octanol–water partition coefficient (Wildman–Crippen LogP) is 2.31. The lowest BCUT2D eigenvalue weighted by atomic mass is 9.69. The maximum absolute atomic E-state index is 11.4. The van der Waals surface area contributed by atoms with E-state index in [2.05, 4.69) is 11.2 Å². The first-order valence-corrected chi connectivity index (χ1v) is 5.32. The number of carbonyl (C=O) groups excluding carboxylic acids is 1. The molecule has 0 aromatic carbocycles. The number of alkyl carbamates (subject to hydrolysis) is 1. The normalized spacial score (nSPS) is 18.5. The van der Waals surface area contributed by atoms with E-state index in [-0.39, 0.29) is 11.5 Å². The summed E-state index contributed by atoms with van der Waals surface area (Å²) in [5.41, 5.74) is -0.566. The second-order valence-electron chi connectivity index (χ2n) is 5.13. The molecule has 1 aliphatic carbocycles. The van der Waals surface area contributed by atoms with Crippen LogP contribution in [-0.2, 0) is 4.74 Å². The molecular formula is C12H19NO2. The molecule has 0 unspecified atom stereocenters. The maximum atomic E-state index is 11.4. The van der Waals surface area contributed by atoms with Gasteiger partial charge < -0.3 is 10.1 Å². The molecule has 15 heavy (non-hydrogen) atoms. The fourth-order valence-electron chi connectivity index (χ4n) is 1.53. The summed E-state index contributed by atoms with van der Waals surface area (Å²) in [6.45, 7) is 6.05. The number of ether oxygens (including phenoxy) is 1. The molecule has 1 fully saturated rings. The van der Waals surface area contributed by atoms with Crippen LogP contribution in [0.1, 0.15) is 40.0 Å². The zero-order valence-electron chi connectivity index (χ0n) is 9.72. The highest BCUT2D eigenvalue weighted by atomic mass is 16.6. The minimum Gasteiger partial charge on any atom is -0.444 e. The average Bonchev–Trinajstić information content (AvgIpc) is 1.99. The van der Waals surface area contributed by atoms with Crippen LogP contribution in [0.5, 0.6) is 0 Å². The van der Waals surface area contributed by atoms with Gasteiger partial charge in [0.05, 0.1) is 0 Å². The number of hydrogen-bond acceptors (Lipinski definition) is 2. The summed E-state index contributed by atoms with van der Waals surface area (Å²) in [7, 11) is 0. The summed E-state index contributed by atoms with van der Waals surface area (Å²) in [5, 5.41) is 2.73. The van der Waals surface area contributed by atoms with Crippen molar-refractivity contribution in [1.29, 1.82) is 0 Å². The molecular weight excluding hydrogens is 190 g/mol. The fourth-order valence-corrected chi connectivity index (χ4v) is 1.53. The highest BCUT2D eigenvalue weighted by Gasteiger charge is 2.35. The van der Waals surface area contributed by atoms with Crippen molar-refractivity contribution >= 4 is 6.09 Å². The van der Waals surface area contributed by atoms with E-state index < -0.39 is 5.60 Å². The van der Waals surface area contributed by atoms with Gasteiger partial charge in [-0.3, -0.25) is 0 Å². The molecule has 0 radical (unpaired) electrons. The number of rotatable bonds is 2. The molecule has 0 aliphatic heterocycles. The van der Waals surface area contributed by atoms with Crippen LogP contribution in [0.15, 0.2) is 0 Å². The number of amides is 1. The van der Waals surface area contributed by atoms with E-state index in [1.54, 1.807) is 0 Å². The van der Waals surface area contributed by atoms with Crippen LogP contribution in [0.25, 0.3) is 0 Å². The highest BCUT2D eigenvalue weighted by molar-refractivity contribution is 5.67. The monoisotopic (exact) mass is 209 g/mol. The summed E-state index contributed by atoms with van der Waals surface area (Å²) in [6, 6.07) is 0. The Balaban J connectivity index is 2.32. The Morgan fingerprint density at radius 2 is 2.13 bits per heavy atom. The average molecular weight is 209 g/mol. The second kappa shape index (κ2) is 4.14. The Bertz CT molecular complexity index is 279. The molecule has 84 valence electrons. The molecule has 3 heteroatoms. The lowest BCUT2D eigenvalue weighted by Gasteiger charge is -2.37. The van der Waals surface area contributed by atoms with Crippen LogP contribution in [0.4, 0.5) is 4.79 Å². The van der Waals surface area contributed by atoms with Crippen molar-refractivity contribution in [3.8, 4) is 12.3 Å². The lowest BCUT2D eigenvalue weighted by Crippen LogP contribution is -2.43. The van der Waals surface area contributed by atoms with E-state index >= 15 is 0 Å². The molecule has 1 amide bonds. The molecule has 0 heterocycles. The van der Waals surface area contributed by atoms with E-state index in [1.165, 1.54) is 0 Å². The molecule has 0 bridgehead atoms. The number of hydrogen-bond donors (Lipinski definition) is 1. The Labute approximate surface area is 91.6 Å². The van der Waals surface area contributed by atoms with Crippen LogP contribution in [0, 0.1) is 17.8 Å². The first-order valence-electron chi connectivity index (χ1n) is 5.32. The van der Waals surface area contributed by atoms with Crippen molar-refractivity contribution in [3.63, 3.8) is 0 Å². The molecule has 1 N–H and O–H groups in total. The molecule has 1 aliphatic rings. The largest absolute Gasteiger partial charge is 0.444 e. The molecule has 0 aromatic heterocycles. The van der Waals surface area contributed by atoms with Crippen molar-refractivity contribution in [2.75, 3.05) is 6.54 Å². The van der Waals surface area contributed by atoms with E-state index in [1.807, 2.05) is 20.8 Å². The quantitative estimate of drug-likeness (QED) is 0.709. The van der Waals surface area contributed by atoms with Gasteiger partial charge in [-0.15, -0.1) is 6.42 Å². The standard InChI is InChI=1S/C12H19NO2/c1-5-12(7-6-8-12)9-13-10(14)15-11(2,3)4/h1H,6-9H2,2-4H3,(H,13,14). The second-order valence-corrected chi connectivity index (χ2v) is 5.13. The zero-order chi connectivity index (χ0) is 11.5. The van der Waals surface area contributed by atoms with Crippen LogP contribution in [0.2, 0.25) is 0 Å². The Kier molecular flexibility index (Phi) is 3.28. The minimum atomic E-state index is -0.451. The van der Waals surface area contributed by atoms with Gasteiger partial charge in [-0.05, 0) is 33.6 Å². The first kappa shape index (κ1) is 11.9. The van der Waals surface area contributed by atoms with Crippen molar-refractivity contribution in [1.82, 2.24) is 5.32 Å². The number of carbonyl (C=O) groups is 1. The first-order chi connectivity index (χ1) is 6.87. The summed E-state index contributed by atoms with van der Waals surface area (Å²) in [5.74, 6) is 2.76. The third kappa shape index (κ3) is 3.47. The summed E-state index contributed by atoms with van der Waals surface area (Å²) in [6.07, 6.45) is 8.21. The Morgan fingerprint density at radius 1 is 1.53 bits per heavy atom.